The number of hydrogen-bond donors (Lipinski definition) is 1. The smallest absolute Gasteiger partial charge is 0.308 e. The van der Waals surface area contributed by atoms with Crippen LogP contribution in [-0.4, -0.2) is 61.6 Å². The van der Waals surface area contributed by atoms with E-state index in [4.69, 9.17) is 25.4 Å². The minimum atomic E-state index is -1.57. The van der Waals surface area contributed by atoms with E-state index in [1.807, 2.05) is 0 Å². The lowest BCUT2D eigenvalue weighted by Gasteiger charge is -2.29. The van der Waals surface area contributed by atoms with Gasteiger partial charge < -0.3 is 24.3 Å². The maximum absolute atomic E-state index is 13.5. The summed E-state index contributed by atoms with van der Waals surface area (Å²) in [6.45, 7) is 10.1. The van der Waals surface area contributed by atoms with Crippen LogP contribution in [0.4, 0.5) is 5.82 Å². The molecule has 1 aliphatic rings. The number of fused-ring (bicyclic) bond motifs is 1. The van der Waals surface area contributed by atoms with Crippen molar-refractivity contribution in [1.29, 1.82) is 0 Å². The van der Waals surface area contributed by atoms with Gasteiger partial charge in [-0.1, -0.05) is 71.6 Å². The molecule has 0 aliphatic carbocycles. The number of ether oxygens (including phenoxy) is 4. The predicted octanol–water partition coefficient (Wildman–Crippen LogP) is 5.07. The minimum Gasteiger partial charge on any atom is -0.461 e. The zero-order valence-corrected chi connectivity index (χ0v) is 28.3. The van der Waals surface area contributed by atoms with Crippen molar-refractivity contribution >= 4 is 40.8 Å². The van der Waals surface area contributed by atoms with Crippen molar-refractivity contribution in [2.75, 3.05) is 11.9 Å². The van der Waals surface area contributed by atoms with Crippen molar-refractivity contribution in [2.24, 2.45) is 11.8 Å². The number of terminal acetylenes is 1. The second kappa shape index (κ2) is 15.8. The van der Waals surface area contributed by atoms with E-state index in [0.29, 0.717) is 29.0 Å². The lowest BCUT2D eigenvalue weighted by atomic mass is 9.98. The molecule has 2 aromatic heterocycles. The molecule has 1 fully saturated rings. The molecule has 1 N–H and O–H groups in total. The number of benzene rings is 1. The zero-order valence-electron chi connectivity index (χ0n) is 28.3. The molecule has 0 unspecified atom stereocenters. The molecular formula is C35H43N5O8. The Labute approximate surface area is 280 Å². The average Bonchev–Trinajstić information content (AvgIpc) is 3.64. The number of carbonyl (C=O) groups is 4. The number of rotatable bonds is 14. The van der Waals surface area contributed by atoms with Crippen LogP contribution in [0.25, 0.3) is 11.2 Å². The third-order valence-corrected chi connectivity index (χ3v) is 7.87. The molecular weight excluding hydrogens is 618 g/mol. The number of anilines is 1. The number of nitrogens with zero attached hydrogens (tertiary/aromatic N) is 4. The summed E-state index contributed by atoms with van der Waals surface area (Å²) in [5.74, 6) is 0.475. The molecule has 0 spiro atoms. The van der Waals surface area contributed by atoms with Gasteiger partial charge in [0.2, 0.25) is 5.60 Å². The summed E-state index contributed by atoms with van der Waals surface area (Å²) in [5.41, 5.74) is -0.114. The Balaban J connectivity index is 1.59. The first-order chi connectivity index (χ1) is 22.9. The SMILES string of the molecule is C#C[C@]1(COC(=O)C(C)C)O[C@@H](n2cnc3c(NC(=O)c4ccccc4COC(=O)CCCCC)nc(C)nc32)C[C@@H]1OC(=O)C(C)C. The van der Waals surface area contributed by atoms with Crippen molar-refractivity contribution in [3.05, 3.63) is 47.5 Å². The summed E-state index contributed by atoms with van der Waals surface area (Å²) < 4.78 is 24.6. The van der Waals surface area contributed by atoms with Crippen LogP contribution < -0.4 is 5.32 Å². The molecule has 1 aliphatic heterocycles. The van der Waals surface area contributed by atoms with E-state index in [2.05, 4.69) is 33.1 Å². The predicted molar refractivity (Wildman–Crippen MR) is 175 cm³/mol. The number of carbonyl (C=O) groups excluding carboxylic acids is 4. The van der Waals surface area contributed by atoms with Gasteiger partial charge in [-0.25, -0.2) is 15.0 Å². The van der Waals surface area contributed by atoms with Crippen molar-refractivity contribution in [1.82, 2.24) is 19.5 Å². The van der Waals surface area contributed by atoms with E-state index in [1.54, 1.807) is 63.5 Å². The van der Waals surface area contributed by atoms with Crippen molar-refractivity contribution in [3.63, 3.8) is 0 Å². The molecule has 0 radical (unpaired) electrons. The number of amides is 1. The number of imidazole rings is 1. The normalized spacial score (nSPS) is 18.9. The first kappa shape index (κ1) is 36.0. The lowest BCUT2D eigenvalue weighted by Crippen LogP contribution is -2.46. The Morgan fingerprint density at radius 3 is 2.50 bits per heavy atom. The van der Waals surface area contributed by atoms with Crippen molar-refractivity contribution in [2.45, 2.75) is 98.2 Å². The number of esters is 3. The van der Waals surface area contributed by atoms with Crippen LogP contribution in [0.15, 0.2) is 30.6 Å². The van der Waals surface area contributed by atoms with Gasteiger partial charge in [-0.05, 0) is 19.4 Å². The van der Waals surface area contributed by atoms with Gasteiger partial charge >= 0.3 is 17.9 Å². The summed E-state index contributed by atoms with van der Waals surface area (Å²) in [4.78, 5) is 64.2. The van der Waals surface area contributed by atoms with Crippen LogP contribution in [-0.2, 0) is 39.9 Å². The first-order valence-electron chi connectivity index (χ1n) is 16.2. The van der Waals surface area contributed by atoms with Crippen molar-refractivity contribution in [3.8, 4) is 12.3 Å². The van der Waals surface area contributed by atoms with Gasteiger partial charge in [0.25, 0.3) is 5.91 Å². The van der Waals surface area contributed by atoms with E-state index >= 15 is 0 Å². The second-order valence-corrected chi connectivity index (χ2v) is 12.4. The Hall–Kier alpha value is -4.83. The number of nitrogens with one attached hydrogen (secondary N) is 1. The standard InChI is InChI=1S/C35H43N5O8/c1-8-10-11-16-28(41)45-18-24-14-12-13-15-25(24)32(42)39-30-29-31(38-23(7)37-30)40(20-36-29)27-17-26(47-34(44)22(5)6)35(9-2,48-27)19-46-33(43)21(3)4/h2,12-15,20-22,26-27H,8,10-11,16-19H2,1,3-7H3,(H,37,38,39,42)/t26-,27+,35+/m0/s1. The molecule has 3 aromatic rings. The van der Waals surface area contributed by atoms with Crippen LogP contribution >= 0.6 is 0 Å². The van der Waals surface area contributed by atoms with Gasteiger partial charge in [-0.15, -0.1) is 6.42 Å². The summed E-state index contributed by atoms with van der Waals surface area (Å²) in [6, 6.07) is 6.84. The molecule has 4 rings (SSSR count). The van der Waals surface area contributed by atoms with Crippen LogP contribution in [0.2, 0.25) is 0 Å². The Kier molecular flexibility index (Phi) is 11.9. The Bertz CT molecular complexity index is 1690. The highest BCUT2D eigenvalue weighted by Gasteiger charge is 2.52. The quantitative estimate of drug-likeness (QED) is 0.106. The van der Waals surface area contributed by atoms with Gasteiger partial charge in [0.1, 0.15) is 31.4 Å². The average molecular weight is 662 g/mol. The fourth-order valence-corrected chi connectivity index (χ4v) is 5.09. The van der Waals surface area contributed by atoms with E-state index in [1.165, 1.54) is 6.33 Å². The Morgan fingerprint density at radius 2 is 1.81 bits per heavy atom. The molecule has 256 valence electrons. The lowest BCUT2D eigenvalue weighted by molar-refractivity contribution is -0.170. The topological polar surface area (TPSA) is 161 Å². The highest BCUT2D eigenvalue weighted by atomic mass is 16.6. The van der Waals surface area contributed by atoms with Gasteiger partial charge in [-0.3, -0.25) is 23.7 Å². The fraction of sp³-hybridized carbons (Fsp3) is 0.514. The van der Waals surface area contributed by atoms with E-state index in [9.17, 15) is 19.2 Å². The minimum absolute atomic E-state index is 0.0492. The molecule has 1 saturated heterocycles. The Morgan fingerprint density at radius 1 is 1.08 bits per heavy atom. The molecule has 3 heterocycles. The molecule has 0 saturated carbocycles. The van der Waals surface area contributed by atoms with Gasteiger partial charge in [-0.2, -0.15) is 0 Å². The van der Waals surface area contributed by atoms with E-state index in [0.717, 1.165) is 19.3 Å². The molecule has 1 aromatic carbocycles. The molecule has 0 bridgehead atoms. The molecule has 3 atom stereocenters. The number of aryl methyl sites for hydroxylation is 1. The third-order valence-electron chi connectivity index (χ3n) is 7.87. The molecule has 1 amide bonds. The third kappa shape index (κ3) is 8.36. The van der Waals surface area contributed by atoms with Crippen LogP contribution in [0.1, 0.15) is 94.7 Å². The highest BCUT2D eigenvalue weighted by Crippen LogP contribution is 2.40. The largest absolute Gasteiger partial charge is 0.461 e. The summed E-state index contributed by atoms with van der Waals surface area (Å²) in [7, 11) is 0. The number of hydrogen-bond acceptors (Lipinski definition) is 11. The summed E-state index contributed by atoms with van der Waals surface area (Å²) >= 11 is 0. The number of unbranched alkanes of at least 4 members (excludes halogenated alkanes) is 2. The maximum atomic E-state index is 13.5. The number of aromatic nitrogens is 4. The van der Waals surface area contributed by atoms with Crippen LogP contribution in [0, 0.1) is 31.1 Å². The van der Waals surface area contributed by atoms with Crippen LogP contribution in [0.5, 0.6) is 0 Å². The maximum Gasteiger partial charge on any atom is 0.308 e. The second-order valence-electron chi connectivity index (χ2n) is 12.4. The first-order valence-corrected chi connectivity index (χ1v) is 16.2. The molecule has 13 nitrogen and oxygen atoms in total. The van der Waals surface area contributed by atoms with Crippen molar-refractivity contribution < 1.29 is 38.1 Å². The monoisotopic (exact) mass is 661 g/mol. The zero-order chi connectivity index (χ0) is 35.0. The van der Waals surface area contributed by atoms with E-state index in [-0.39, 0.29) is 36.9 Å². The van der Waals surface area contributed by atoms with Crippen LogP contribution in [0.3, 0.4) is 0 Å². The van der Waals surface area contributed by atoms with Gasteiger partial charge in [0, 0.05) is 24.0 Å². The van der Waals surface area contributed by atoms with Gasteiger partial charge in [0.05, 0.1) is 18.2 Å². The van der Waals surface area contributed by atoms with Gasteiger partial charge in [0.15, 0.2) is 17.0 Å². The fourth-order valence-electron chi connectivity index (χ4n) is 5.09. The molecule has 48 heavy (non-hydrogen) atoms. The highest BCUT2D eigenvalue weighted by molar-refractivity contribution is 6.07. The molecule has 13 heteroatoms. The summed E-state index contributed by atoms with van der Waals surface area (Å²) in [6.07, 6.45) is 8.77. The summed E-state index contributed by atoms with van der Waals surface area (Å²) in [5, 5.41) is 2.83. The van der Waals surface area contributed by atoms with E-state index < -0.39 is 47.6 Å².